The minimum absolute atomic E-state index is 0.860. The second kappa shape index (κ2) is 2.38. The summed E-state index contributed by atoms with van der Waals surface area (Å²) in [6.45, 7) is 0. The molecule has 0 spiro atoms. The van der Waals surface area contributed by atoms with Crippen molar-refractivity contribution in [1.82, 2.24) is 0 Å². The van der Waals surface area contributed by atoms with E-state index in [0.717, 1.165) is 11.0 Å². The molecular formula is C3H6S3. The van der Waals surface area contributed by atoms with Gasteiger partial charge in [0.1, 0.15) is 0 Å². The highest BCUT2D eigenvalue weighted by atomic mass is 33.1. The van der Waals surface area contributed by atoms with Gasteiger partial charge in [-0.25, -0.2) is 0 Å². The molecule has 0 amide bonds. The highest BCUT2D eigenvalue weighted by Gasteiger charge is 2.16. The van der Waals surface area contributed by atoms with Gasteiger partial charge in [0.2, 0.25) is 0 Å². The van der Waals surface area contributed by atoms with Crippen LogP contribution in [0.1, 0.15) is 0 Å². The first-order valence-corrected chi connectivity index (χ1v) is 4.84. The molecule has 1 fully saturated rings. The van der Waals surface area contributed by atoms with Gasteiger partial charge in [0.05, 0.1) is 0 Å². The van der Waals surface area contributed by atoms with Gasteiger partial charge in [-0.15, -0.1) is 0 Å². The Morgan fingerprint density at radius 1 is 1.83 bits per heavy atom. The second-order valence-corrected chi connectivity index (χ2v) is 4.26. The fourth-order valence-electron chi connectivity index (χ4n) is 0.247. The summed E-state index contributed by atoms with van der Waals surface area (Å²) in [6, 6.07) is 0. The Hall–Kier alpha value is 1.05. The van der Waals surface area contributed by atoms with Crippen molar-refractivity contribution in [1.29, 1.82) is 0 Å². The molecule has 0 bridgehead atoms. The van der Waals surface area contributed by atoms with E-state index in [4.69, 9.17) is 0 Å². The predicted molar refractivity (Wildman–Crippen MR) is 37.7 cm³/mol. The molecule has 0 radical (unpaired) electrons. The Bertz CT molecular complexity index is 38.5. The predicted octanol–water partition coefficient (Wildman–Crippen LogP) is 1.68. The molecule has 1 saturated heterocycles. The van der Waals surface area contributed by atoms with Crippen molar-refractivity contribution in [2.75, 3.05) is 11.5 Å². The fourth-order valence-corrected chi connectivity index (χ4v) is 2.77. The van der Waals surface area contributed by atoms with Gasteiger partial charge in [0.15, 0.2) is 0 Å². The van der Waals surface area contributed by atoms with Crippen LogP contribution in [0.2, 0.25) is 0 Å². The summed E-state index contributed by atoms with van der Waals surface area (Å²) in [7, 11) is 3.88. The van der Waals surface area contributed by atoms with E-state index in [1.54, 1.807) is 0 Å². The maximum atomic E-state index is 4.11. The first-order valence-electron chi connectivity index (χ1n) is 1.82. The summed E-state index contributed by atoms with van der Waals surface area (Å²) in [4.78, 5) is 0. The summed E-state index contributed by atoms with van der Waals surface area (Å²) in [5.74, 6) is 2.37. The Labute approximate surface area is 51.3 Å². The summed E-state index contributed by atoms with van der Waals surface area (Å²) in [6.07, 6.45) is 0. The van der Waals surface area contributed by atoms with Gasteiger partial charge in [-0.3, -0.25) is 0 Å². The van der Waals surface area contributed by atoms with Crippen LogP contribution in [0.3, 0.4) is 0 Å². The zero-order chi connectivity index (χ0) is 4.41. The monoisotopic (exact) mass is 138 g/mol. The molecular weight excluding hydrogens is 132 g/mol. The molecule has 1 aliphatic rings. The molecule has 6 heavy (non-hydrogen) atoms. The number of rotatable bonds is 1. The molecule has 0 aromatic rings. The molecule has 1 rings (SSSR count). The Morgan fingerprint density at radius 2 is 2.50 bits per heavy atom. The van der Waals surface area contributed by atoms with E-state index in [-0.39, 0.29) is 0 Å². The van der Waals surface area contributed by atoms with Crippen LogP contribution in [0.25, 0.3) is 0 Å². The molecule has 36 valence electrons. The summed E-state index contributed by atoms with van der Waals surface area (Å²) in [5, 5.41) is 0.860. The smallest absolute Gasteiger partial charge is 0.0338 e. The summed E-state index contributed by atoms with van der Waals surface area (Å²) >= 11 is 4.11. The summed E-state index contributed by atoms with van der Waals surface area (Å²) < 4.78 is 0. The van der Waals surface area contributed by atoms with Crippen molar-refractivity contribution >= 4 is 34.2 Å². The highest BCUT2D eigenvalue weighted by Crippen LogP contribution is 2.40. The molecule has 0 nitrogen and oxygen atoms in total. The molecule has 0 aromatic heterocycles. The van der Waals surface area contributed by atoms with E-state index in [9.17, 15) is 0 Å². The molecule has 1 atom stereocenters. The third-order valence-electron chi connectivity index (χ3n) is 0.662. The van der Waals surface area contributed by atoms with Crippen LogP contribution in [0.15, 0.2) is 0 Å². The van der Waals surface area contributed by atoms with Crippen LogP contribution in [0.5, 0.6) is 0 Å². The lowest BCUT2D eigenvalue weighted by atomic mass is 10.5. The lowest BCUT2D eigenvalue weighted by Crippen LogP contribution is -2.13. The third-order valence-corrected chi connectivity index (χ3v) is 4.47. The Kier molecular flexibility index (Phi) is 2.06. The van der Waals surface area contributed by atoms with Gasteiger partial charge < -0.3 is 0 Å². The number of hydrogen-bond acceptors (Lipinski definition) is 3. The normalized spacial score (nSPS) is 32.5. The van der Waals surface area contributed by atoms with Crippen molar-refractivity contribution in [2.24, 2.45) is 0 Å². The van der Waals surface area contributed by atoms with Crippen LogP contribution >= 0.6 is 34.2 Å². The third kappa shape index (κ3) is 1.01. The van der Waals surface area contributed by atoms with Gasteiger partial charge in [-0.2, -0.15) is 12.6 Å². The fraction of sp³-hybridized carbons (Fsp3) is 1.00. The number of hydrogen-bond donors (Lipinski definition) is 1. The van der Waals surface area contributed by atoms with Crippen molar-refractivity contribution in [3.8, 4) is 0 Å². The van der Waals surface area contributed by atoms with Crippen LogP contribution in [-0.4, -0.2) is 16.8 Å². The molecule has 0 N–H and O–H groups in total. The van der Waals surface area contributed by atoms with Crippen molar-refractivity contribution in [3.63, 3.8) is 0 Å². The number of thiol groups is 1. The second-order valence-electron chi connectivity index (χ2n) is 1.19. The average Bonchev–Trinajstić information content (AvgIpc) is 1.31. The van der Waals surface area contributed by atoms with Crippen LogP contribution in [0, 0.1) is 0 Å². The SMILES string of the molecule is SCC1CSS1. The van der Waals surface area contributed by atoms with E-state index in [0.29, 0.717) is 0 Å². The minimum Gasteiger partial charge on any atom is -0.178 e. The first kappa shape index (κ1) is 5.19. The lowest BCUT2D eigenvalue weighted by molar-refractivity contribution is 1.15. The van der Waals surface area contributed by atoms with Gasteiger partial charge in [0.25, 0.3) is 0 Å². The quantitative estimate of drug-likeness (QED) is 0.432. The molecule has 0 saturated carbocycles. The van der Waals surface area contributed by atoms with Crippen LogP contribution < -0.4 is 0 Å². The first-order chi connectivity index (χ1) is 2.93. The molecule has 1 heterocycles. The molecule has 3 heteroatoms. The van der Waals surface area contributed by atoms with Crippen molar-refractivity contribution in [2.45, 2.75) is 5.25 Å². The molecule has 0 aromatic carbocycles. The molecule has 1 aliphatic heterocycles. The Morgan fingerprint density at radius 3 is 2.50 bits per heavy atom. The maximum Gasteiger partial charge on any atom is 0.0338 e. The molecule has 0 aliphatic carbocycles. The van der Waals surface area contributed by atoms with Crippen LogP contribution in [0.4, 0.5) is 0 Å². The zero-order valence-electron chi connectivity index (χ0n) is 3.26. The average molecular weight is 138 g/mol. The van der Waals surface area contributed by atoms with E-state index in [2.05, 4.69) is 12.6 Å². The van der Waals surface area contributed by atoms with Gasteiger partial charge in [-0.1, -0.05) is 21.6 Å². The van der Waals surface area contributed by atoms with Gasteiger partial charge in [0, 0.05) is 16.8 Å². The van der Waals surface area contributed by atoms with E-state index in [1.807, 2.05) is 21.6 Å². The van der Waals surface area contributed by atoms with E-state index < -0.39 is 0 Å². The topological polar surface area (TPSA) is 0 Å². The summed E-state index contributed by atoms with van der Waals surface area (Å²) in [5.41, 5.74) is 0. The zero-order valence-corrected chi connectivity index (χ0v) is 5.78. The largest absolute Gasteiger partial charge is 0.178 e. The maximum absolute atomic E-state index is 4.11. The standard InChI is InChI=1S/C3H6S3/c4-1-3-2-5-6-3/h3-4H,1-2H2. The lowest BCUT2D eigenvalue weighted by Gasteiger charge is -2.20. The van der Waals surface area contributed by atoms with E-state index >= 15 is 0 Å². The van der Waals surface area contributed by atoms with Crippen molar-refractivity contribution in [3.05, 3.63) is 0 Å². The van der Waals surface area contributed by atoms with Gasteiger partial charge in [-0.05, 0) is 0 Å². The van der Waals surface area contributed by atoms with Gasteiger partial charge >= 0.3 is 0 Å². The molecule has 1 unspecified atom stereocenters. The van der Waals surface area contributed by atoms with Crippen molar-refractivity contribution < 1.29 is 0 Å². The van der Waals surface area contributed by atoms with E-state index in [1.165, 1.54) is 5.75 Å². The van der Waals surface area contributed by atoms with Crippen LogP contribution in [-0.2, 0) is 0 Å². The minimum atomic E-state index is 0.860. The Balaban J connectivity index is 2.01. The highest BCUT2D eigenvalue weighted by molar-refractivity contribution is 8.79.